The minimum absolute atomic E-state index is 0.0219. The Morgan fingerprint density at radius 1 is 1.05 bits per heavy atom. The van der Waals surface area contributed by atoms with Crippen molar-refractivity contribution in [2.45, 2.75) is 76.6 Å². The van der Waals surface area contributed by atoms with E-state index < -0.39 is 0 Å². The van der Waals surface area contributed by atoms with Gasteiger partial charge in [0, 0.05) is 13.8 Å². The van der Waals surface area contributed by atoms with Crippen molar-refractivity contribution < 1.29 is 9.10 Å². The Morgan fingerprint density at radius 2 is 1.65 bits per heavy atom. The van der Waals surface area contributed by atoms with Gasteiger partial charge in [-0.2, -0.15) is 0 Å². The van der Waals surface area contributed by atoms with Gasteiger partial charge in [0.25, 0.3) is 0 Å². The lowest BCUT2D eigenvalue weighted by molar-refractivity contribution is -0.359. The van der Waals surface area contributed by atoms with E-state index in [1.165, 1.54) is 0 Å². The first-order valence-electron chi connectivity index (χ1n) is 8.08. The molecule has 1 aliphatic heterocycles. The van der Waals surface area contributed by atoms with Crippen molar-refractivity contribution in [1.82, 2.24) is 0 Å². The minimum atomic E-state index is -0.132. The van der Waals surface area contributed by atoms with Crippen LogP contribution in [-0.4, -0.2) is 44.1 Å². The summed E-state index contributed by atoms with van der Waals surface area (Å²) in [6, 6.07) is 0. The van der Waals surface area contributed by atoms with E-state index in [1.54, 1.807) is 0 Å². The van der Waals surface area contributed by atoms with Gasteiger partial charge >= 0.3 is 0 Å². The van der Waals surface area contributed by atoms with Crippen molar-refractivity contribution in [2.75, 3.05) is 26.8 Å². The lowest BCUT2D eigenvalue weighted by Crippen LogP contribution is -2.62. The van der Waals surface area contributed by atoms with Crippen LogP contribution in [0.15, 0.2) is 0 Å². The number of nitrogens with two attached hydrogens (primary N) is 2. The number of hydrogen-bond donors (Lipinski definition) is 2. The molecule has 0 saturated carbocycles. The fourth-order valence-corrected chi connectivity index (χ4v) is 3.02. The molecule has 120 valence electrons. The molecule has 2 unspecified atom stereocenters. The van der Waals surface area contributed by atoms with E-state index in [4.69, 9.17) is 16.2 Å². The average Bonchev–Trinajstić information content (AvgIpc) is 2.37. The number of ether oxygens (including phenoxy) is 1. The molecule has 0 aromatic carbocycles. The Balaban J connectivity index is 2.66. The second kappa shape index (κ2) is 7.74. The van der Waals surface area contributed by atoms with Crippen molar-refractivity contribution in [3.8, 4) is 0 Å². The molecular formula is C16H35N2O2+. The van der Waals surface area contributed by atoms with Gasteiger partial charge in [0.2, 0.25) is 0 Å². The van der Waals surface area contributed by atoms with Crippen molar-refractivity contribution in [1.29, 1.82) is 0 Å². The maximum absolute atomic E-state index is 6.51. The van der Waals surface area contributed by atoms with E-state index in [9.17, 15) is 0 Å². The zero-order valence-corrected chi connectivity index (χ0v) is 13.9. The standard InChI is InChI=1S/C16H35N2O2/c1-15(2)16(3,10-6-8-12-18)19-14(13-20(15)4)9-5-7-11-17/h14H,5-13,17-18H2,1-4H3/q+1. The van der Waals surface area contributed by atoms with Crippen LogP contribution in [-0.2, 0) is 9.10 Å². The maximum Gasteiger partial charge on any atom is 0.189 e. The maximum atomic E-state index is 6.51. The number of hydrogen-bond acceptors (Lipinski definition) is 3. The van der Waals surface area contributed by atoms with Gasteiger partial charge in [0.15, 0.2) is 12.2 Å². The molecule has 0 aromatic rings. The third-order valence-electron chi connectivity index (χ3n) is 5.10. The molecule has 20 heavy (non-hydrogen) atoms. The molecule has 1 saturated heterocycles. The molecule has 0 amide bonds. The Hall–Kier alpha value is -0.160. The molecule has 1 fully saturated rings. The second-order valence-corrected chi connectivity index (χ2v) is 6.82. The largest absolute Gasteiger partial charge is 0.416 e. The Kier molecular flexibility index (Phi) is 6.92. The summed E-state index contributed by atoms with van der Waals surface area (Å²) in [4.78, 5) is 0. The summed E-state index contributed by atoms with van der Waals surface area (Å²) in [5, 5.41) is 0. The summed E-state index contributed by atoms with van der Waals surface area (Å²) in [5.74, 6) is 0. The van der Waals surface area contributed by atoms with Crippen LogP contribution in [0, 0.1) is 0 Å². The predicted molar refractivity (Wildman–Crippen MR) is 85.0 cm³/mol. The molecule has 4 nitrogen and oxygen atoms in total. The van der Waals surface area contributed by atoms with Crippen molar-refractivity contribution >= 4 is 0 Å². The zero-order valence-electron chi connectivity index (χ0n) is 13.9. The molecule has 4 heteroatoms. The first-order valence-corrected chi connectivity index (χ1v) is 8.08. The van der Waals surface area contributed by atoms with E-state index in [0.29, 0.717) is 6.10 Å². The molecule has 2 atom stereocenters. The average molecular weight is 287 g/mol. The molecule has 4 N–H and O–H groups in total. The Morgan fingerprint density at radius 3 is 2.25 bits per heavy atom. The quantitative estimate of drug-likeness (QED) is 0.532. The van der Waals surface area contributed by atoms with Gasteiger partial charge in [0.1, 0.15) is 18.8 Å². The van der Waals surface area contributed by atoms with Crippen LogP contribution < -0.4 is 11.5 Å². The number of rotatable bonds is 8. The molecule has 0 bridgehead atoms. The van der Waals surface area contributed by atoms with E-state index >= 15 is 0 Å². The molecule has 1 heterocycles. The summed E-state index contributed by atoms with van der Waals surface area (Å²) in [7, 11) is 2.14. The minimum Gasteiger partial charge on any atom is -0.416 e. The first-order chi connectivity index (χ1) is 9.37. The number of unbranched alkanes of at least 4 members (excludes halogenated alkanes) is 2. The van der Waals surface area contributed by atoms with E-state index in [1.807, 2.05) is 0 Å². The van der Waals surface area contributed by atoms with Crippen molar-refractivity contribution in [2.24, 2.45) is 11.5 Å². The normalized spacial score (nSPS) is 30.6. The summed E-state index contributed by atoms with van der Waals surface area (Å²) in [6.45, 7) is 9.24. The van der Waals surface area contributed by atoms with Crippen LogP contribution in [0.3, 0.4) is 0 Å². The summed E-state index contributed by atoms with van der Waals surface area (Å²) in [6.07, 6.45) is 6.88. The highest BCUT2D eigenvalue weighted by molar-refractivity contribution is 4.98. The van der Waals surface area contributed by atoms with Crippen LogP contribution in [0.2, 0.25) is 0 Å². The van der Waals surface area contributed by atoms with Crippen LogP contribution in [0.1, 0.15) is 59.3 Å². The molecule has 0 radical (unpaired) electrons. The molecule has 1 aliphatic rings. The third-order valence-corrected chi connectivity index (χ3v) is 5.10. The van der Waals surface area contributed by atoms with Gasteiger partial charge in [-0.1, -0.05) is 0 Å². The zero-order chi connectivity index (χ0) is 15.2. The molecule has 1 rings (SSSR count). The highest BCUT2D eigenvalue weighted by Gasteiger charge is 2.55. The topological polar surface area (TPSA) is 64.0 Å². The first kappa shape index (κ1) is 17.9. The highest BCUT2D eigenvalue weighted by Crippen LogP contribution is 2.42. The van der Waals surface area contributed by atoms with Crippen molar-refractivity contribution in [3.63, 3.8) is 0 Å². The molecule has 0 aliphatic carbocycles. The van der Waals surface area contributed by atoms with Crippen molar-refractivity contribution in [3.05, 3.63) is 0 Å². The van der Waals surface area contributed by atoms with Crippen LogP contribution in [0.25, 0.3) is 0 Å². The van der Waals surface area contributed by atoms with E-state index in [0.717, 1.165) is 58.2 Å². The predicted octanol–water partition coefficient (Wildman–Crippen LogP) is 2.36. The van der Waals surface area contributed by atoms with Gasteiger partial charge in [-0.15, -0.1) is 0 Å². The van der Waals surface area contributed by atoms with Gasteiger partial charge in [0.05, 0.1) is 0 Å². The van der Waals surface area contributed by atoms with Crippen LogP contribution in [0.5, 0.6) is 0 Å². The third kappa shape index (κ3) is 4.17. The van der Waals surface area contributed by atoms with Gasteiger partial charge in [-0.25, -0.2) is 0 Å². The molecular weight excluding hydrogens is 252 g/mol. The summed E-state index contributed by atoms with van der Waals surface area (Å²) < 4.78 is 9.86. The van der Waals surface area contributed by atoms with Crippen LogP contribution >= 0.6 is 0 Å². The van der Waals surface area contributed by atoms with E-state index in [-0.39, 0.29) is 11.2 Å². The van der Waals surface area contributed by atoms with Gasteiger partial charge in [-0.05, 0) is 58.5 Å². The monoisotopic (exact) mass is 287 g/mol. The second-order valence-electron chi connectivity index (χ2n) is 6.82. The fourth-order valence-electron chi connectivity index (χ4n) is 3.02. The fraction of sp³-hybridized carbons (Fsp3) is 1.00. The van der Waals surface area contributed by atoms with Crippen LogP contribution in [0.4, 0.5) is 0 Å². The summed E-state index contributed by atoms with van der Waals surface area (Å²) in [5.41, 5.74) is 11.0. The van der Waals surface area contributed by atoms with Gasteiger partial charge in [-0.3, -0.25) is 0 Å². The van der Waals surface area contributed by atoms with E-state index in [2.05, 4.69) is 32.2 Å². The lowest BCUT2D eigenvalue weighted by Gasteiger charge is -2.51. The smallest absolute Gasteiger partial charge is 0.189 e. The molecule has 0 spiro atoms. The Labute approximate surface area is 124 Å². The molecule has 0 aromatic heterocycles. The summed E-state index contributed by atoms with van der Waals surface area (Å²) >= 11 is 0. The Bertz CT molecular complexity index is 284. The highest BCUT2D eigenvalue weighted by atomic mass is 16.7. The van der Waals surface area contributed by atoms with Gasteiger partial charge < -0.3 is 20.6 Å². The SMILES string of the molecule is C[O+]1CC(CCCCN)OC(C)(CCCCN)C1(C)C. The lowest BCUT2D eigenvalue weighted by atomic mass is 9.81.